The van der Waals surface area contributed by atoms with E-state index in [2.05, 4.69) is 30.7 Å². The number of nitrogens with zero attached hydrogens (tertiary/aromatic N) is 4. The highest BCUT2D eigenvalue weighted by Crippen LogP contribution is 2.44. The van der Waals surface area contributed by atoms with E-state index < -0.39 is 6.04 Å². The van der Waals surface area contributed by atoms with Crippen molar-refractivity contribution in [3.63, 3.8) is 0 Å². The number of fused-ring (bicyclic) bond motifs is 1. The molecule has 180 valence electrons. The number of esters is 1. The number of thiazole rings is 1. The summed E-state index contributed by atoms with van der Waals surface area (Å²) in [6.07, 6.45) is 2.50. The summed E-state index contributed by atoms with van der Waals surface area (Å²) in [6.45, 7) is 7.08. The van der Waals surface area contributed by atoms with Crippen LogP contribution in [0, 0.1) is 11.7 Å². The van der Waals surface area contributed by atoms with E-state index in [1.807, 2.05) is 5.38 Å². The standard InChI is InChI=1S/C24H26BrFN4O3S/c1-2-33-24(31)20-19-11-15(13-29-6-8-32-9-7-29)14-30(19)22(23-27-5-10-34-23)28-21(20)17-4-3-16(26)12-18(17)25/h3-5,10,12,15,21H,2,6-9,11,13-14H2,1H3/t15-,21+/m1/s1. The van der Waals surface area contributed by atoms with E-state index in [4.69, 9.17) is 14.5 Å². The second kappa shape index (κ2) is 10.2. The maximum absolute atomic E-state index is 13.9. The van der Waals surface area contributed by atoms with Gasteiger partial charge >= 0.3 is 5.97 Å². The van der Waals surface area contributed by atoms with Gasteiger partial charge in [-0.05, 0) is 37.0 Å². The summed E-state index contributed by atoms with van der Waals surface area (Å²) in [5.41, 5.74) is 2.18. The Morgan fingerprint density at radius 3 is 2.88 bits per heavy atom. The zero-order chi connectivity index (χ0) is 23.7. The van der Waals surface area contributed by atoms with Crippen molar-refractivity contribution in [2.45, 2.75) is 19.4 Å². The first-order valence-corrected chi connectivity index (χ1v) is 13.1. The Labute approximate surface area is 210 Å². The molecule has 1 aromatic carbocycles. The van der Waals surface area contributed by atoms with Crippen LogP contribution in [0.2, 0.25) is 0 Å². The third kappa shape index (κ3) is 4.68. The number of allylic oxidation sites excluding steroid dienone is 1. The Morgan fingerprint density at radius 2 is 2.18 bits per heavy atom. The Balaban J connectivity index is 1.58. The molecule has 0 bridgehead atoms. The Morgan fingerprint density at radius 1 is 1.35 bits per heavy atom. The largest absolute Gasteiger partial charge is 0.463 e. The number of hydrogen-bond acceptors (Lipinski definition) is 8. The predicted molar refractivity (Wildman–Crippen MR) is 131 cm³/mol. The molecule has 2 fully saturated rings. The van der Waals surface area contributed by atoms with Crippen LogP contribution >= 0.6 is 27.3 Å². The van der Waals surface area contributed by atoms with E-state index in [1.165, 1.54) is 23.5 Å². The van der Waals surface area contributed by atoms with Crippen LogP contribution in [0.15, 0.2) is 50.5 Å². The lowest BCUT2D eigenvalue weighted by atomic mass is 9.93. The summed E-state index contributed by atoms with van der Waals surface area (Å²) < 4.78 is 25.4. The molecule has 3 aliphatic heterocycles. The fourth-order valence-electron chi connectivity index (χ4n) is 4.86. The lowest BCUT2D eigenvalue weighted by molar-refractivity contribution is -0.139. The zero-order valence-electron chi connectivity index (χ0n) is 18.9. The maximum atomic E-state index is 13.9. The summed E-state index contributed by atoms with van der Waals surface area (Å²) in [5.74, 6) is 0.355. The second-order valence-electron chi connectivity index (χ2n) is 8.53. The topological polar surface area (TPSA) is 67.3 Å². The summed E-state index contributed by atoms with van der Waals surface area (Å²) in [4.78, 5) is 27.4. The number of halogens is 2. The van der Waals surface area contributed by atoms with Crippen molar-refractivity contribution in [2.24, 2.45) is 10.9 Å². The average Bonchev–Trinajstić information content (AvgIpc) is 3.49. The minimum atomic E-state index is -0.610. The van der Waals surface area contributed by atoms with Gasteiger partial charge in [0.2, 0.25) is 0 Å². The Kier molecular flexibility index (Phi) is 7.10. The molecule has 0 saturated carbocycles. The number of morpholine rings is 1. The molecule has 7 nitrogen and oxygen atoms in total. The normalized spacial score (nSPS) is 23.1. The van der Waals surface area contributed by atoms with Crippen molar-refractivity contribution in [1.82, 2.24) is 14.8 Å². The van der Waals surface area contributed by atoms with Crippen molar-refractivity contribution >= 4 is 39.1 Å². The van der Waals surface area contributed by atoms with Gasteiger partial charge in [0.25, 0.3) is 0 Å². The van der Waals surface area contributed by atoms with Gasteiger partial charge in [0, 0.05) is 47.9 Å². The van der Waals surface area contributed by atoms with Gasteiger partial charge in [-0.15, -0.1) is 11.3 Å². The highest BCUT2D eigenvalue weighted by Gasteiger charge is 2.42. The van der Waals surface area contributed by atoms with Gasteiger partial charge in [0.05, 0.1) is 25.4 Å². The number of rotatable bonds is 6. The van der Waals surface area contributed by atoms with Crippen LogP contribution in [0.1, 0.15) is 30.0 Å². The number of hydrogen-bond donors (Lipinski definition) is 0. The van der Waals surface area contributed by atoms with Crippen LogP contribution in [0.5, 0.6) is 0 Å². The van der Waals surface area contributed by atoms with Crippen LogP contribution in [0.4, 0.5) is 4.39 Å². The monoisotopic (exact) mass is 548 g/mol. The molecule has 2 aromatic rings. The Bertz CT molecular complexity index is 1120. The lowest BCUT2D eigenvalue weighted by Gasteiger charge is -2.32. The van der Waals surface area contributed by atoms with Gasteiger partial charge in [0.15, 0.2) is 10.8 Å². The van der Waals surface area contributed by atoms with Crippen molar-refractivity contribution in [2.75, 3.05) is 46.0 Å². The number of ether oxygens (including phenoxy) is 2. The summed E-state index contributed by atoms with van der Waals surface area (Å²) in [5, 5.41) is 2.72. The minimum Gasteiger partial charge on any atom is -0.463 e. The average molecular weight is 549 g/mol. The molecule has 2 atom stereocenters. The van der Waals surface area contributed by atoms with E-state index >= 15 is 0 Å². The fourth-order valence-corrected chi connectivity index (χ4v) is 6.07. The zero-order valence-corrected chi connectivity index (χ0v) is 21.3. The highest BCUT2D eigenvalue weighted by atomic mass is 79.9. The van der Waals surface area contributed by atoms with Crippen molar-refractivity contribution in [3.8, 4) is 0 Å². The van der Waals surface area contributed by atoms with Gasteiger partial charge in [-0.3, -0.25) is 9.89 Å². The molecule has 2 saturated heterocycles. The molecule has 0 aliphatic carbocycles. The smallest absolute Gasteiger partial charge is 0.338 e. The number of carbonyl (C=O) groups excluding carboxylic acids is 1. The van der Waals surface area contributed by atoms with E-state index in [1.54, 1.807) is 19.2 Å². The summed E-state index contributed by atoms with van der Waals surface area (Å²) >= 11 is 5.01. The third-order valence-electron chi connectivity index (χ3n) is 6.34. The summed E-state index contributed by atoms with van der Waals surface area (Å²) in [7, 11) is 0. The molecule has 0 amide bonds. The van der Waals surface area contributed by atoms with E-state index in [0.717, 1.165) is 67.9 Å². The second-order valence-corrected chi connectivity index (χ2v) is 10.3. The molecule has 3 aliphatic rings. The molecule has 0 unspecified atom stereocenters. The predicted octanol–water partition coefficient (Wildman–Crippen LogP) is 4.02. The first kappa shape index (κ1) is 23.6. The molecular formula is C24H26BrFN4O3S. The SMILES string of the molecule is CCOC(=O)C1=C2C[C@H](CN3CCOCC3)CN2C(c2nccs2)=N[C@H]1c1ccc(F)cc1Br. The number of aromatic nitrogens is 1. The van der Waals surface area contributed by atoms with Crippen LogP contribution in [0.25, 0.3) is 0 Å². The van der Waals surface area contributed by atoms with Crippen molar-refractivity contribution in [3.05, 3.63) is 61.9 Å². The van der Waals surface area contributed by atoms with Gasteiger partial charge in [0.1, 0.15) is 11.9 Å². The van der Waals surface area contributed by atoms with Gasteiger partial charge in [-0.1, -0.05) is 22.0 Å². The van der Waals surface area contributed by atoms with E-state index in [9.17, 15) is 9.18 Å². The molecule has 10 heteroatoms. The van der Waals surface area contributed by atoms with Gasteiger partial charge < -0.3 is 14.4 Å². The van der Waals surface area contributed by atoms with E-state index in [-0.39, 0.29) is 18.4 Å². The molecule has 4 heterocycles. The quantitative estimate of drug-likeness (QED) is 0.508. The fraction of sp³-hybridized carbons (Fsp3) is 0.458. The molecule has 0 N–H and O–H groups in total. The van der Waals surface area contributed by atoms with E-state index in [0.29, 0.717) is 16.0 Å². The number of benzene rings is 1. The molecule has 0 spiro atoms. The highest BCUT2D eigenvalue weighted by molar-refractivity contribution is 9.10. The summed E-state index contributed by atoms with van der Waals surface area (Å²) in [6, 6.07) is 3.88. The van der Waals surface area contributed by atoms with Crippen LogP contribution in [-0.4, -0.2) is 72.6 Å². The third-order valence-corrected chi connectivity index (χ3v) is 7.79. The van der Waals surface area contributed by atoms with Crippen molar-refractivity contribution in [1.29, 1.82) is 0 Å². The first-order valence-electron chi connectivity index (χ1n) is 11.5. The van der Waals surface area contributed by atoms with Crippen molar-refractivity contribution < 1.29 is 18.7 Å². The number of aliphatic imine (C=N–C) groups is 1. The Hall–Kier alpha value is -2.14. The lowest BCUT2D eigenvalue weighted by Crippen LogP contribution is -2.40. The molecule has 1 aromatic heterocycles. The van der Waals surface area contributed by atoms with Crippen LogP contribution < -0.4 is 0 Å². The van der Waals surface area contributed by atoms with Gasteiger partial charge in [-0.25, -0.2) is 14.2 Å². The number of amidine groups is 1. The van der Waals surface area contributed by atoms with Gasteiger partial charge in [-0.2, -0.15) is 0 Å². The molecule has 0 radical (unpaired) electrons. The van der Waals surface area contributed by atoms with Crippen LogP contribution in [0.3, 0.4) is 0 Å². The maximum Gasteiger partial charge on any atom is 0.338 e. The molecule has 34 heavy (non-hydrogen) atoms. The molecule has 5 rings (SSSR count). The first-order chi connectivity index (χ1) is 16.5. The van der Waals surface area contributed by atoms with Crippen LogP contribution in [-0.2, 0) is 14.3 Å². The minimum absolute atomic E-state index is 0.271. The molecular weight excluding hydrogens is 523 g/mol. The number of carbonyl (C=O) groups is 1.